The first-order valence-corrected chi connectivity index (χ1v) is 8.23. The van der Waals surface area contributed by atoms with E-state index in [4.69, 9.17) is 0 Å². The molecule has 0 radical (unpaired) electrons. The van der Waals surface area contributed by atoms with Crippen LogP contribution in [0.3, 0.4) is 0 Å². The second-order valence-electron chi connectivity index (χ2n) is 5.28. The first kappa shape index (κ1) is 16.8. The number of rotatable bonds is 4. The van der Waals surface area contributed by atoms with Crippen molar-refractivity contribution in [2.24, 2.45) is 0 Å². The number of nitro benzene ring substituents is 1. The maximum absolute atomic E-state index is 12.6. The molecule has 2 heterocycles. The van der Waals surface area contributed by atoms with E-state index in [0.29, 0.717) is 21.8 Å². The van der Waals surface area contributed by atoms with Gasteiger partial charge >= 0.3 is 0 Å². The van der Waals surface area contributed by atoms with Crippen LogP contribution in [-0.2, 0) is 0 Å². The van der Waals surface area contributed by atoms with Gasteiger partial charge in [0.25, 0.3) is 11.6 Å². The maximum Gasteiger partial charge on any atom is 0.283 e. The standard InChI is InChI=1S/C17H14N4O3S/c1-11-16(25-15-6-4-3-5-14(15)21(23)24)12(2)20(19-11)17(22)13-7-9-18-10-8-13/h3-10H,1-2H3. The summed E-state index contributed by atoms with van der Waals surface area (Å²) in [4.78, 5) is 28.5. The monoisotopic (exact) mass is 354 g/mol. The van der Waals surface area contributed by atoms with Gasteiger partial charge in [-0.1, -0.05) is 23.9 Å². The maximum atomic E-state index is 12.6. The molecule has 25 heavy (non-hydrogen) atoms. The largest absolute Gasteiger partial charge is 0.283 e. The summed E-state index contributed by atoms with van der Waals surface area (Å²) in [5.74, 6) is -0.266. The molecule has 0 aliphatic heterocycles. The van der Waals surface area contributed by atoms with Gasteiger partial charge in [0.1, 0.15) is 0 Å². The molecule has 0 N–H and O–H groups in total. The van der Waals surface area contributed by atoms with E-state index in [1.54, 1.807) is 56.6 Å². The Balaban J connectivity index is 1.99. The van der Waals surface area contributed by atoms with E-state index in [1.165, 1.54) is 22.5 Å². The van der Waals surface area contributed by atoms with E-state index in [-0.39, 0.29) is 11.6 Å². The molecular formula is C17H14N4O3S. The van der Waals surface area contributed by atoms with Crippen LogP contribution in [0.1, 0.15) is 21.7 Å². The Morgan fingerprint density at radius 3 is 2.52 bits per heavy atom. The number of hydrogen-bond donors (Lipinski definition) is 0. The number of benzene rings is 1. The second kappa shape index (κ2) is 6.86. The van der Waals surface area contributed by atoms with Gasteiger partial charge in [-0.3, -0.25) is 19.9 Å². The van der Waals surface area contributed by atoms with Crippen molar-refractivity contribution in [3.05, 3.63) is 75.9 Å². The van der Waals surface area contributed by atoms with Crippen molar-refractivity contribution in [2.75, 3.05) is 0 Å². The summed E-state index contributed by atoms with van der Waals surface area (Å²) in [7, 11) is 0. The highest BCUT2D eigenvalue weighted by molar-refractivity contribution is 7.99. The van der Waals surface area contributed by atoms with Crippen molar-refractivity contribution in [2.45, 2.75) is 23.6 Å². The van der Waals surface area contributed by atoms with Gasteiger partial charge in [0.05, 0.1) is 26.1 Å². The van der Waals surface area contributed by atoms with Gasteiger partial charge in [-0.2, -0.15) is 9.78 Å². The second-order valence-corrected chi connectivity index (χ2v) is 6.33. The van der Waals surface area contributed by atoms with Crippen LogP contribution in [0.2, 0.25) is 0 Å². The summed E-state index contributed by atoms with van der Waals surface area (Å²) >= 11 is 1.24. The lowest BCUT2D eigenvalue weighted by Gasteiger charge is -2.05. The molecule has 0 atom stereocenters. The van der Waals surface area contributed by atoms with Gasteiger partial charge in [0.15, 0.2) is 0 Å². The van der Waals surface area contributed by atoms with Gasteiger partial charge in [-0.05, 0) is 32.0 Å². The molecule has 1 aromatic carbocycles. The molecule has 0 amide bonds. The van der Waals surface area contributed by atoms with Crippen molar-refractivity contribution in [3.63, 3.8) is 0 Å². The minimum absolute atomic E-state index is 0.0273. The SMILES string of the molecule is Cc1nn(C(=O)c2ccncc2)c(C)c1Sc1ccccc1[N+](=O)[O-]. The average Bonchev–Trinajstić information content (AvgIpc) is 2.90. The predicted octanol–water partition coefficient (Wildman–Crippen LogP) is 3.64. The molecule has 0 saturated heterocycles. The Labute approximate surface area is 147 Å². The predicted molar refractivity (Wildman–Crippen MR) is 92.9 cm³/mol. The van der Waals surface area contributed by atoms with Gasteiger partial charge in [0.2, 0.25) is 0 Å². The van der Waals surface area contributed by atoms with E-state index >= 15 is 0 Å². The molecule has 0 spiro atoms. The minimum Gasteiger partial charge on any atom is -0.267 e. The third kappa shape index (κ3) is 3.29. The van der Waals surface area contributed by atoms with Crippen molar-refractivity contribution >= 4 is 23.4 Å². The zero-order valence-electron chi connectivity index (χ0n) is 13.5. The van der Waals surface area contributed by atoms with Crippen LogP contribution in [0.4, 0.5) is 5.69 Å². The number of nitrogens with zero attached hydrogens (tertiary/aromatic N) is 4. The molecule has 0 unspecified atom stereocenters. The zero-order chi connectivity index (χ0) is 18.0. The van der Waals surface area contributed by atoms with Gasteiger partial charge in [-0.15, -0.1) is 0 Å². The highest BCUT2D eigenvalue weighted by atomic mass is 32.2. The topological polar surface area (TPSA) is 90.9 Å². The fourth-order valence-corrected chi connectivity index (χ4v) is 3.43. The lowest BCUT2D eigenvalue weighted by molar-refractivity contribution is -0.387. The van der Waals surface area contributed by atoms with E-state index < -0.39 is 4.92 Å². The first-order chi connectivity index (χ1) is 12.0. The summed E-state index contributed by atoms with van der Waals surface area (Å²) < 4.78 is 1.32. The van der Waals surface area contributed by atoms with Crippen LogP contribution >= 0.6 is 11.8 Å². The van der Waals surface area contributed by atoms with Crippen molar-refractivity contribution in [1.29, 1.82) is 0 Å². The molecule has 0 aliphatic carbocycles. The molecule has 7 nitrogen and oxygen atoms in total. The zero-order valence-corrected chi connectivity index (χ0v) is 14.4. The van der Waals surface area contributed by atoms with Crippen molar-refractivity contribution in [1.82, 2.24) is 14.8 Å². The van der Waals surface area contributed by atoms with Crippen molar-refractivity contribution in [3.8, 4) is 0 Å². The van der Waals surface area contributed by atoms with Crippen LogP contribution < -0.4 is 0 Å². The molecular weight excluding hydrogens is 340 g/mol. The fourth-order valence-electron chi connectivity index (χ4n) is 2.39. The Morgan fingerprint density at radius 2 is 1.84 bits per heavy atom. The molecule has 0 bridgehead atoms. The minimum atomic E-state index is -0.417. The Hall–Kier alpha value is -3.00. The van der Waals surface area contributed by atoms with E-state index in [0.717, 1.165) is 4.90 Å². The normalized spacial score (nSPS) is 10.6. The Morgan fingerprint density at radius 1 is 1.16 bits per heavy atom. The van der Waals surface area contributed by atoms with Crippen LogP contribution in [0.5, 0.6) is 0 Å². The smallest absolute Gasteiger partial charge is 0.267 e. The highest BCUT2D eigenvalue weighted by Crippen LogP contribution is 2.37. The molecule has 0 fully saturated rings. The number of para-hydroxylation sites is 1. The number of carbonyl (C=O) groups excluding carboxylic acids is 1. The molecule has 0 saturated carbocycles. The third-order valence-corrected chi connectivity index (χ3v) is 4.98. The lowest BCUT2D eigenvalue weighted by Crippen LogP contribution is -2.15. The summed E-state index contributed by atoms with van der Waals surface area (Å²) in [6.45, 7) is 3.55. The Kier molecular flexibility index (Phi) is 4.62. The summed E-state index contributed by atoms with van der Waals surface area (Å²) in [5.41, 5.74) is 1.79. The quantitative estimate of drug-likeness (QED) is 0.525. The molecule has 2 aromatic heterocycles. The highest BCUT2D eigenvalue weighted by Gasteiger charge is 2.21. The van der Waals surface area contributed by atoms with Crippen LogP contribution in [-0.4, -0.2) is 25.6 Å². The summed E-state index contributed by atoms with van der Waals surface area (Å²) in [6.07, 6.45) is 3.09. The molecule has 0 aliphatic rings. The van der Waals surface area contributed by atoms with Gasteiger partial charge in [0, 0.05) is 24.0 Å². The first-order valence-electron chi connectivity index (χ1n) is 7.41. The van der Waals surface area contributed by atoms with Gasteiger partial charge in [-0.25, -0.2) is 0 Å². The van der Waals surface area contributed by atoms with E-state index in [2.05, 4.69) is 10.1 Å². The summed E-state index contributed by atoms with van der Waals surface area (Å²) in [5, 5.41) is 15.5. The van der Waals surface area contributed by atoms with E-state index in [1.807, 2.05) is 0 Å². The number of hydrogen-bond acceptors (Lipinski definition) is 6. The van der Waals surface area contributed by atoms with E-state index in [9.17, 15) is 14.9 Å². The van der Waals surface area contributed by atoms with Crippen LogP contribution in [0.25, 0.3) is 0 Å². The molecule has 3 aromatic rings. The van der Waals surface area contributed by atoms with Crippen LogP contribution in [0, 0.1) is 24.0 Å². The number of carbonyl (C=O) groups is 1. The number of nitro groups is 1. The number of pyridine rings is 1. The van der Waals surface area contributed by atoms with Gasteiger partial charge < -0.3 is 0 Å². The molecule has 3 rings (SSSR count). The fraction of sp³-hybridized carbons (Fsp3) is 0.118. The molecule has 8 heteroatoms. The lowest BCUT2D eigenvalue weighted by atomic mass is 10.2. The third-order valence-electron chi connectivity index (χ3n) is 3.62. The van der Waals surface area contributed by atoms with Crippen molar-refractivity contribution < 1.29 is 9.72 Å². The number of aryl methyl sites for hydroxylation is 1. The Bertz CT molecular complexity index is 954. The summed E-state index contributed by atoms with van der Waals surface area (Å²) in [6, 6.07) is 9.75. The molecule has 126 valence electrons. The van der Waals surface area contributed by atoms with Crippen LogP contribution in [0.15, 0.2) is 58.6 Å². The average molecular weight is 354 g/mol. The number of aromatic nitrogens is 3.